The lowest BCUT2D eigenvalue weighted by Crippen LogP contribution is -2.56. The molecule has 6 atom stereocenters. The second-order valence-corrected chi connectivity index (χ2v) is 9.80. The second-order valence-electron chi connectivity index (χ2n) is 9.80. The lowest BCUT2D eigenvalue weighted by Gasteiger charge is -2.53. The second kappa shape index (κ2) is 6.19. The largest absolute Gasteiger partial charge is 0.375 e. The van der Waals surface area contributed by atoms with Crippen molar-refractivity contribution in [3.63, 3.8) is 0 Å². The number of amides is 1. The number of hydrogen-bond acceptors (Lipinski definition) is 3. The van der Waals surface area contributed by atoms with Crippen LogP contribution in [0.1, 0.15) is 72.6 Å². The molecule has 1 amide bonds. The summed E-state index contributed by atoms with van der Waals surface area (Å²) in [5.41, 5.74) is 1.09. The van der Waals surface area contributed by atoms with Gasteiger partial charge in [0.1, 0.15) is 5.78 Å². The maximum atomic E-state index is 12.7. The first kappa shape index (κ1) is 18.2. The summed E-state index contributed by atoms with van der Waals surface area (Å²) >= 11 is 0. The average Bonchev–Trinajstić information content (AvgIpc) is 2.80. The van der Waals surface area contributed by atoms with Gasteiger partial charge in [0, 0.05) is 24.0 Å². The van der Waals surface area contributed by atoms with Crippen LogP contribution >= 0.6 is 0 Å². The summed E-state index contributed by atoms with van der Waals surface area (Å²) in [7, 11) is 0. The minimum atomic E-state index is -0.229. The number of carbonyl (C=O) groups is 2. The molecule has 26 heavy (non-hydrogen) atoms. The van der Waals surface area contributed by atoms with Gasteiger partial charge in [0.05, 0.1) is 12.2 Å². The fourth-order valence-corrected chi connectivity index (χ4v) is 6.54. The van der Waals surface area contributed by atoms with Gasteiger partial charge in [-0.1, -0.05) is 19.4 Å². The van der Waals surface area contributed by atoms with Crippen LogP contribution in [-0.4, -0.2) is 29.9 Å². The minimum absolute atomic E-state index is 0.0347. The summed E-state index contributed by atoms with van der Waals surface area (Å²) in [4.78, 5) is 25.3. The Hall–Kier alpha value is -1.16. The molecule has 0 aromatic heterocycles. The molecule has 1 heterocycles. The third-order valence-electron chi connectivity index (χ3n) is 8.04. The summed E-state index contributed by atoms with van der Waals surface area (Å²) < 4.78 is 6.08. The molecule has 144 valence electrons. The maximum absolute atomic E-state index is 12.7. The fourth-order valence-electron chi connectivity index (χ4n) is 6.54. The number of carbonyl (C=O) groups excluding carboxylic acids is 2. The summed E-state index contributed by atoms with van der Waals surface area (Å²) in [6.07, 6.45) is 8.93. The summed E-state index contributed by atoms with van der Waals surface area (Å²) in [5, 5.41) is 3.33. The lowest BCUT2D eigenvalue weighted by atomic mass is 9.53. The van der Waals surface area contributed by atoms with Gasteiger partial charge in [-0.25, -0.2) is 0 Å². The first-order valence-corrected chi connectivity index (χ1v) is 10.4. The molecule has 0 aromatic rings. The van der Waals surface area contributed by atoms with E-state index in [2.05, 4.69) is 33.0 Å². The summed E-state index contributed by atoms with van der Waals surface area (Å²) in [6.45, 7) is 8.67. The normalized spacial score (nSPS) is 45.3. The Labute approximate surface area is 157 Å². The third-order valence-corrected chi connectivity index (χ3v) is 8.04. The van der Waals surface area contributed by atoms with Gasteiger partial charge in [-0.3, -0.25) is 9.59 Å². The Kier molecular flexibility index (Phi) is 4.33. The highest BCUT2D eigenvalue weighted by Gasteiger charge is 2.59. The van der Waals surface area contributed by atoms with E-state index < -0.39 is 0 Å². The molecule has 4 aliphatic rings. The molecule has 0 saturated heterocycles. The average molecular weight is 360 g/mol. The van der Waals surface area contributed by atoms with E-state index in [0.29, 0.717) is 24.0 Å². The van der Waals surface area contributed by atoms with Crippen molar-refractivity contribution in [3.8, 4) is 0 Å². The van der Waals surface area contributed by atoms with Crippen LogP contribution in [0.15, 0.2) is 11.6 Å². The molecular weight excluding hydrogens is 326 g/mol. The van der Waals surface area contributed by atoms with E-state index in [9.17, 15) is 9.59 Å². The van der Waals surface area contributed by atoms with Crippen molar-refractivity contribution in [2.45, 2.75) is 90.9 Å². The van der Waals surface area contributed by atoms with E-state index >= 15 is 0 Å². The SMILES string of the molecule is CC(C)O[C@H]1CC[C@@]2(C)C(=CC(=O)N[C@@H]3[C@@H]2CC[C@]2(C)C(=O)CC[C@@H]32)C1. The van der Waals surface area contributed by atoms with Gasteiger partial charge in [-0.05, 0) is 69.6 Å². The number of ketones is 1. The molecule has 3 saturated carbocycles. The number of hydrogen-bond donors (Lipinski definition) is 1. The van der Waals surface area contributed by atoms with Crippen molar-refractivity contribution in [2.75, 3.05) is 0 Å². The van der Waals surface area contributed by atoms with Gasteiger partial charge in [0.25, 0.3) is 0 Å². The Bertz CT molecular complexity index is 654. The molecule has 0 bridgehead atoms. The summed E-state index contributed by atoms with van der Waals surface area (Å²) in [5.74, 6) is 1.18. The standard InChI is InChI=1S/C22H33NO3/c1-13(2)26-15-7-9-21(3)14(11-15)12-19(25)23-20-16-5-6-18(24)22(16,4)10-8-17(20)21/h12-13,15-17,20H,5-11H2,1-4H3,(H,23,25)/t15-,16-,17-,20-,21-,22-/m0/s1. The number of fused-ring (bicyclic) bond motifs is 5. The van der Waals surface area contributed by atoms with Gasteiger partial charge in [-0.2, -0.15) is 0 Å². The molecule has 4 rings (SSSR count). The zero-order chi connectivity index (χ0) is 18.7. The topological polar surface area (TPSA) is 55.4 Å². The molecule has 1 aliphatic heterocycles. The van der Waals surface area contributed by atoms with Gasteiger partial charge < -0.3 is 10.1 Å². The van der Waals surface area contributed by atoms with Crippen molar-refractivity contribution in [3.05, 3.63) is 11.6 Å². The third kappa shape index (κ3) is 2.67. The van der Waals surface area contributed by atoms with Crippen LogP contribution in [0.4, 0.5) is 0 Å². The Morgan fingerprint density at radius 1 is 1.08 bits per heavy atom. The van der Waals surface area contributed by atoms with E-state index in [4.69, 9.17) is 4.74 Å². The highest BCUT2D eigenvalue weighted by molar-refractivity contribution is 5.90. The highest BCUT2D eigenvalue weighted by atomic mass is 16.5. The minimum Gasteiger partial charge on any atom is -0.375 e. The predicted octanol–water partition coefficient (Wildman–Crippen LogP) is 3.79. The molecule has 0 aromatic carbocycles. The first-order valence-electron chi connectivity index (χ1n) is 10.4. The van der Waals surface area contributed by atoms with Crippen molar-refractivity contribution >= 4 is 11.7 Å². The van der Waals surface area contributed by atoms with Crippen molar-refractivity contribution in [2.24, 2.45) is 22.7 Å². The molecule has 0 unspecified atom stereocenters. The first-order chi connectivity index (χ1) is 12.2. The van der Waals surface area contributed by atoms with Crippen LogP contribution in [0.25, 0.3) is 0 Å². The number of Topliss-reactive ketones (excluding diaryl/α,β-unsaturated/α-hetero) is 1. The molecule has 3 aliphatic carbocycles. The van der Waals surface area contributed by atoms with Crippen LogP contribution in [0.3, 0.4) is 0 Å². The molecule has 4 nitrogen and oxygen atoms in total. The molecule has 4 heteroatoms. The van der Waals surface area contributed by atoms with Crippen LogP contribution in [0.5, 0.6) is 0 Å². The Balaban J connectivity index is 1.65. The van der Waals surface area contributed by atoms with Gasteiger partial charge in [0.2, 0.25) is 5.91 Å². The van der Waals surface area contributed by atoms with Crippen LogP contribution < -0.4 is 5.32 Å². The van der Waals surface area contributed by atoms with Gasteiger partial charge >= 0.3 is 0 Å². The number of nitrogens with one attached hydrogen (secondary N) is 1. The zero-order valence-electron chi connectivity index (χ0n) is 16.6. The van der Waals surface area contributed by atoms with Crippen LogP contribution in [0, 0.1) is 22.7 Å². The molecule has 1 N–H and O–H groups in total. The fraction of sp³-hybridized carbons (Fsp3) is 0.818. The van der Waals surface area contributed by atoms with E-state index in [1.807, 2.05) is 6.08 Å². The quantitative estimate of drug-likeness (QED) is 0.816. The van der Waals surface area contributed by atoms with E-state index in [0.717, 1.165) is 38.5 Å². The molecular formula is C22H33NO3. The number of rotatable bonds is 2. The Morgan fingerprint density at radius 3 is 2.50 bits per heavy atom. The van der Waals surface area contributed by atoms with Gasteiger partial charge in [-0.15, -0.1) is 0 Å². The maximum Gasteiger partial charge on any atom is 0.244 e. The van der Waals surface area contributed by atoms with Crippen LogP contribution in [-0.2, 0) is 14.3 Å². The lowest BCUT2D eigenvalue weighted by molar-refractivity contribution is -0.131. The number of ether oxygens (including phenoxy) is 1. The molecule has 0 radical (unpaired) electrons. The smallest absolute Gasteiger partial charge is 0.244 e. The van der Waals surface area contributed by atoms with E-state index in [1.165, 1.54) is 5.57 Å². The predicted molar refractivity (Wildman–Crippen MR) is 101 cm³/mol. The van der Waals surface area contributed by atoms with Crippen molar-refractivity contribution in [1.82, 2.24) is 5.32 Å². The molecule has 3 fully saturated rings. The van der Waals surface area contributed by atoms with Gasteiger partial charge in [0.15, 0.2) is 0 Å². The van der Waals surface area contributed by atoms with Crippen LogP contribution in [0.2, 0.25) is 0 Å². The Morgan fingerprint density at radius 2 is 1.77 bits per heavy atom. The van der Waals surface area contributed by atoms with E-state index in [-0.39, 0.29) is 35.0 Å². The van der Waals surface area contributed by atoms with Crippen molar-refractivity contribution < 1.29 is 14.3 Å². The van der Waals surface area contributed by atoms with Crippen molar-refractivity contribution in [1.29, 1.82) is 0 Å². The molecule has 0 spiro atoms. The van der Waals surface area contributed by atoms with E-state index in [1.54, 1.807) is 0 Å². The summed E-state index contributed by atoms with van der Waals surface area (Å²) in [6, 6.07) is 0.133. The zero-order valence-corrected chi connectivity index (χ0v) is 16.6. The highest BCUT2D eigenvalue weighted by Crippen LogP contribution is 2.59. The monoisotopic (exact) mass is 359 g/mol.